The number of aromatic nitrogens is 4. The number of likely N-dealkylation sites (tertiary alicyclic amines) is 1. The topological polar surface area (TPSA) is 66.8 Å². The number of H-pyrrole nitrogens is 1. The van der Waals surface area contributed by atoms with Gasteiger partial charge in [-0.1, -0.05) is 30.3 Å². The number of rotatable bonds is 4. The lowest BCUT2D eigenvalue weighted by Gasteiger charge is -2.24. The Labute approximate surface area is 140 Å². The summed E-state index contributed by atoms with van der Waals surface area (Å²) in [6, 6.07) is 11.9. The maximum atomic E-state index is 13.1. The highest BCUT2D eigenvalue weighted by molar-refractivity contribution is 6.00. The third-order valence-electron chi connectivity index (χ3n) is 4.53. The van der Waals surface area contributed by atoms with Gasteiger partial charge in [0.15, 0.2) is 0 Å². The number of nitrogens with one attached hydrogen (secondary N) is 1. The van der Waals surface area contributed by atoms with Gasteiger partial charge in [-0.2, -0.15) is 10.2 Å². The Balaban J connectivity index is 1.59. The fourth-order valence-corrected chi connectivity index (χ4v) is 3.35. The predicted octanol–water partition coefficient (Wildman–Crippen LogP) is 2.58. The van der Waals surface area contributed by atoms with Crippen molar-refractivity contribution in [3.8, 4) is 11.3 Å². The van der Waals surface area contributed by atoms with E-state index in [1.807, 2.05) is 52.2 Å². The lowest BCUT2D eigenvalue weighted by Crippen LogP contribution is -2.38. The lowest BCUT2D eigenvalue weighted by atomic mass is 10.1. The van der Waals surface area contributed by atoms with Gasteiger partial charge in [0.25, 0.3) is 5.91 Å². The standard InChI is InChI=1S/C18H19N5O/c24-18(16-12-19-21-17(16)14-6-2-1-3-7-14)23-11-4-8-15(23)13-22-10-5-9-20-22/h1-3,5-7,9-10,12,15H,4,8,11,13H2,(H,19,21). The number of aromatic amines is 1. The average Bonchev–Trinajstić information content (AvgIpc) is 3.37. The Bertz CT molecular complexity index is 809. The van der Waals surface area contributed by atoms with Crippen molar-refractivity contribution in [1.29, 1.82) is 0 Å². The largest absolute Gasteiger partial charge is 0.334 e. The van der Waals surface area contributed by atoms with Crippen molar-refractivity contribution in [3.05, 3.63) is 60.6 Å². The summed E-state index contributed by atoms with van der Waals surface area (Å²) in [5.41, 5.74) is 2.39. The number of amides is 1. The van der Waals surface area contributed by atoms with Crippen molar-refractivity contribution >= 4 is 5.91 Å². The van der Waals surface area contributed by atoms with Gasteiger partial charge in [-0.05, 0) is 18.9 Å². The first-order chi connectivity index (χ1) is 11.8. The van der Waals surface area contributed by atoms with E-state index in [0.717, 1.165) is 37.2 Å². The Morgan fingerprint density at radius 3 is 2.92 bits per heavy atom. The second-order valence-corrected chi connectivity index (χ2v) is 6.05. The van der Waals surface area contributed by atoms with Gasteiger partial charge >= 0.3 is 0 Å². The summed E-state index contributed by atoms with van der Waals surface area (Å²) in [4.78, 5) is 15.0. The molecular weight excluding hydrogens is 302 g/mol. The first-order valence-electron chi connectivity index (χ1n) is 8.20. The Morgan fingerprint density at radius 1 is 1.25 bits per heavy atom. The van der Waals surface area contributed by atoms with Crippen LogP contribution in [0.1, 0.15) is 23.2 Å². The molecular formula is C18H19N5O. The van der Waals surface area contributed by atoms with Crippen LogP contribution in [0.4, 0.5) is 0 Å². The molecule has 24 heavy (non-hydrogen) atoms. The molecule has 6 nitrogen and oxygen atoms in total. The van der Waals surface area contributed by atoms with Gasteiger partial charge in [-0.3, -0.25) is 14.6 Å². The molecule has 1 aliphatic heterocycles. The van der Waals surface area contributed by atoms with Crippen LogP contribution >= 0.6 is 0 Å². The van der Waals surface area contributed by atoms with E-state index in [9.17, 15) is 4.79 Å². The highest BCUT2D eigenvalue weighted by Gasteiger charge is 2.31. The van der Waals surface area contributed by atoms with Crippen LogP contribution in [-0.4, -0.2) is 43.4 Å². The molecule has 1 saturated heterocycles. The van der Waals surface area contributed by atoms with Crippen LogP contribution in [0, 0.1) is 0 Å². The molecule has 6 heteroatoms. The van der Waals surface area contributed by atoms with E-state index in [1.165, 1.54) is 0 Å². The summed E-state index contributed by atoms with van der Waals surface area (Å²) in [5.74, 6) is 0.0391. The molecule has 0 spiro atoms. The van der Waals surface area contributed by atoms with Crippen LogP contribution in [0.25, 0.3) is 11.3 Å². The molecule has 3 heterocycles. The maximum Gasteiger partial charge on any atom is 0.258 e. The smallest absolute Gasteiger partial charge is 0.258 e. The number of nitrogens with zero attached hydrogens (tertiary/aromatic N) is 4. The number of carbonyl (C=O) groups excluding carboxylic acids is 1. The molecule has 0 aliphatic carbocycles. The zero-order chi connectivity index (χ0) is 16.4. The molecule has 1 amide bonds. The summed E-state index contributed by atoms with van der Waals surface area (Å²) < 4.78 is 1.89. The normalized spacial score (nSPS) is 17.3. The Hall–Kier alpha value is -2.89. The molecule has 1 unspecified atom stereocenters. The Morgan fingerprint density at radius 2 is 2.12 bits per heavy atom. The molecule has 0 bridgehead atoms. The fraction of sp³-hybridized carbons (Fsp3) is 0.278. The van der Waals surface area contributed by atoms with Crippen molar-refractivity contribution in [2.45, 2.75) is 25.4 Å². The molecule has 1 atom stereocenters. The zero-order valence-corrected chi connectivity index (χ0v) is 13.3. The third-order valence-corrected chi connectivity index (χ3v) is 4.53. The van der Waals surface area contributed by atoms with E-state index in [-0.39, 0.29) is 11.9 Å². The van der Waals surface area contributed by atoms with Crippen LogP contribution < -0.4 is 0 Å². The zero-order valence-electron chi connectivity index (χ0n) is 13.3. The van der Waals surface area contributed by atoms with Crippen molar-refractivity contribution < 1.29 is 4.79 Å². The minimum absolute atomic E-state index is 0.0391. The van der Waals surface area contributed by atoms with Gasteiger partial charge in [0.2, 0.25) is 0 Å². The average molecular weight is 321 g/mol. The van der Waals surface area contributed by atoms with Gasteiger partial charge in [-0.25, -0.2) is 0 Å². The van der Waals surface area contributed by atoms with E-state index in [4.69, 9.17) is 0 Å². The molecule has 1 aliphatic rings. The van der Waals surface area contributed by atoms with Crippen LogP contribution in [0.5, 0.6) is 0 Å². The molecule has 4 rings (SSSR count). The number of hydrogen-bond donors (Lipinski definition) is 1. The number of hydrogen-bond acceptors (Lipinski definition) is 3. The van der Waals surface area contributed by atoms with E-state index < -0.39 is 0 Å². The van der Waals surface area contributed by atoms with Gasteiger partial charge in [0.05, 0.1) is 30.0 Å². The van der Waals surface area contributed by atoms with Crippen LogP contribution in [-0.2, 0) is 6.54 Å². The molecule has 122 valence electrons. The van der Waals surface area contributed by atoms with Crippen LogP contribution in [0.15, 0.2) is 55.0 Å². The van der Waals surface area contributed by atoms with Crippen molar-refractivity contribution in [2.75, 3.05) is 6.54 Å². The second-order valence-electron chi connectivity index (χ2n) is 6.05. The number of carbonyl (C=O) groups is 1. The quantitative estimate of drug-likeness (QED) is 0.803. The second kappa shape index (κ2) is 6.31. The summed E-state index contributed by atoms with van der Waals surface area (Å²) >= 11 is 0. The minimum atomic E-state index is 0.0391. The fourth-order valence-electron chi connectivity index (χ4n) is 3.35. The van der Waals surface area contributed by atoms with Crippen LogP contribution in [0.3, 0.4) is 0 Å². The van der Waals surface area contributed by atoms with E-state index in [1.54, 1.807) is 12.4 Å². The molecule has 0 radical (unpaired) electrons. The van der Waals surface area contributed by atoms with Crippen molar-refractivity contribution in [2.24, 2.45) is 0 Å². The van der Waals surface area contributed by atoms with Gasteiger partial charge < -0.3 is 4.90 Å². The SMILES string of the molecule is O=C(c1cn[nH]c1-c1ccccc1)N1CCCC1Cn1cccn1. The first-order valence-corrected chi connectivity index (χ1v) is 8.20. The first kappa shape index (κ1) is 14.7. The van der Waals surface area contributed by atoms with E-state index in [0.29, 0.717) is 5.56 Å². The molecule has 3 aromatic rings. The van der Waals surface area contributed by atoms with Gasteiger partial charge in [0, 0.05) is 24.5 Å². The summed E-state index contributed by atoms with van der Waals surface area (Å²) in [7, 11) is 0. The highest BCUT2D eigenvalue weighted by Crippen LogP contribution is 2.26. The summed E-state index contributed by atoms with van der Waals surface area (Å²) in [6.07, 6.45) is 7.37. The molecule has 1 aromatic carbocycles. The molecule has 1 fully saturated rings. The minimum Gasteiger partial charge on any atom is -0.334 e. The highest BCUT2D eigenvalue weighted by atomic mass is 16.2. The van der Waals surface area contributed by atoms with Crippen molar-refractivity contribution in [1.82, 2.24) is 24.9 Å². The van der Waals surface area contributed by atoms with Crippen LogP contribution in [0.2, 0.25) is 0 Å². The van der Waals surface area contributed by atoms with Gasteiger partial charge in [-0.15, -0.1) is 0 Å². The molecule has 0 saturated carbocycles. The summed E-state index contributed by atoms with van der Waals surface area (Å²) in [5, 5.41) is 11.3. The predicted molar refractivity (Wildman–Crippen MR) is 90.3 cm³/mol. The molecule has 1 N–H and O–H groups in total. The number of benzene rings is 1. The lowest BCUT2D eigenvalue weighted by molar-refractivity contribution is 0.0722. The van der Waals surface area contributed by atoms with Gasteiger partial charge in [0.1, 0.15) is 0 Å². The monoisotopic (exact) mass is 321 g/mol. The third kappa shape index (κ3) is 2.71. The van der Waals surface area contributed by atoms with E-state index in [2.05, 4.69) is 15.3 Å². The maximum absolute atomic E-state index is 13.1. The summed E-state index contributed by atoms with van der Waals surface area (Å²) in [6.45, 7) is 1.52. The van der Waals surface area contributed by atoms with E-state index >= 15 is 0 Å². The Kier molecular flexibility index (Phi) is 3.86. The molecule has 2 aromatic heterocycles. The van der Waals surface area contributed by atoms with Crippen molar-refractivity contribution in [3.63, 3.8) is 0 Å².